The monoisotopic (exact) mass is 356 g/mol. The summed E-state index contributed by atoms with van der Waals surface area (Å²) in [6.07, 6.45) is 0. The summed E-state index contributed by atoms with van der Waals surface area (Å²) in [6, 6.07) is 15.4. The van der Waals surface area contributed by atoms with Crippen molar-refractivity contribution in [2.75, 3.05) is 25.1 Å². The first-order valence-electron chi connectivity index (χ1n) is 8.07. The molecule has 25 heavy (non-hydrogen) atoms. The van der Waals surface area contributed by atoms with E-state index in [0.29, 0.717) is 13.1 Å². The minimum atomic E-state index is -0.0558. The summed E-state index contributed by atoms with van der Waals surface area (Å²) in [7, 11) is 1.63. The Labute approximate surface area is 158 Å². The molecule has 0 aliphatic rings. The highest BCUT2D eigenvalue weighted by atomic mass is 27.0. The number of anilines is 2. The maximum Gasteiger partial charge on any atom is 0.216 e. The number of nitrogens with zero attached hydrogens (tertiary/aromatic N) is 1. The zero-order valence-electron chi connectivity index (χ0n) is 15.0. The molecule has 132 valence electrons. The van der Waals surface area contributed by atoms with Crippen molar-refractivity contribution in [3.63, 3.8) is 0 Å². The van der Waals surface area contributed by atoms with Crippen molar-refractivity contribution in [3.05, 3.63) is 54.1 Å². The van der Waals surface area contributed by atoms with E-state index in [4.69, 9.17) is 4.74 Å². The first-order chi connectivity index (χ1) is 12.1. The minimum Gasteiger partial charge on any atom is -0.497 e. The molecule has 6 heteroatoms. The van der Waals surface area contributed by atoms with Gasteiger partial charge in [0.2, 0.25) is 5.91 Å². The molecule has 2 rings (SSSR count). The van der Waals surface area contributed by atoms with Gasteiger partial charge in [0, 0.05) is 37.5 Å². The SMILES string of the molecule is COc1cccc(N(CCNC(C)=O)c2cccc(CO)c2)c1.[CH3][Al]. The van der Waals surface area contributed by atoms with Crippen molar-refractivity contribution in [2.24, 2.45) is 0 Å². The van der Waals surface area contributed by atoms with Gasteiger partial charge in [-0.1, -0.05) is 18.2 Å². The number of carbonyl (C=O) groups is 1. The average molecular weight is 356 g/mol. The van der Waals surface area contributed by atoms with Crippen molar-refractivity contribution >= 4 is 33.6 Å². The number of rotatable bonds is 7. The van der Waals surface area contributed by atoms with Gasteiger partial charge >= 0.3 is 0 Å². The second-order valence-corrected chi connectivity index (χ2v) is 5.16. The molecule has 5 nitrogen and oxygen atoms in total. The van der Waals surface area contributed by atoms with E-state index in [0.717, 1.165) is 22.7 Å². The van der Waals surface area contributed by atoms with Crippen LogP contribution in [0, 0.1) is 0 Å². The number of benzene rings is 2. The van der Waals surface area contributed by atoms with Crippen LogP contribution in [0.25, 0.3) is 0 Å². The van der Waals surface area contributed by atoms with Gasteiger partial charge in [-0.15, -0.1) is 5.79 Å². The summed E-state index contributed by atoms with van der Waals surface area (Å²) < 4.78 is 5.29. The van der Waals surface area contributed by atoms with Gasteiger partial charge in [0.05, 0.1) is 13.7 Å². The van der Waals surface area contributed by atoms with Crippen molar-refractivity contribution in [3.8, 4) is 5.75 Å². The number of aliphatic hydroxyl groups excluding tert-OH is 1. The van der Waals surface area contributed by atoms with Crippen LogP contribution in [0.5, 0.6) is 5.75 Å². The third kappa shape index (κ3) is 6.79. The highest BCUT2D eigenvalue weighted by Crippen LogP contribution is 2.28. The van der Waals surface area contributed by atoms with E-state index in [2.05, 4.69) is 26.5 Å². The minimum absolute atomic E-state index is 0.00845. The number of hydrogen-bond donors (Lipinski definition) is 2. The molecule has 0 saturated heterocycles. The summed E-state index contributed by atoms with van der Waals surface area (Å²) in [4.78, 5) is 13.2. The van der Waals surface area contributed by atoms with Gasteiger partial charge in [0.15, 0.2) is 0 Å². The Hall–Kier alpha value is -2.00. The zero-order valence-corrected chi connectivity index (χ0v) is 16.2. The Morgan fingerprint density at radius 2 is 1.80 bits per heavy atom. The number of ether oxygens (including phenoxy) is 1. The fourth-order valence-electron chi connectivity index (χ4n) is 2.35. The number of carbonyl (C=O) groups excluding carboxylic acids is 1. The maximum atomic E-state index is 11.1. The smallest absolute Gasteiger partial charge is 0.216 e. The lowest BCUT2D eigenvalue weighted by Crippen LogP contribution is -2.31. The van der Waals surface area contributed by atoms with Crippen LogP contribution in [0.4, 0.5) is 11.4 Å². The Morgan fingerprint density at radius 1 is 1.16 bits per heavy atom. The second kappa shape index (κ2) is 11.5. The molecule has 2 N–H and O–H groups in total. The third-order valence-corrected chi connectivity index (χ3v) is 3.48. The molecule has 0 heterocycles. The van der Waals surface area contributed by atoms with Crippen LogP contribution < -0.4 is 15.0 Å². The standard InChI is InChI=1S/C18H22N2O3.CH3.Al/c1-14(22)19-9-10-20(16-6-3-5-15(11-16)13-21)17-7-4-8-18(12-17)23-2;;/h3-8,11-12,21H,9-10,13H2,1-2H3,(H,19,22);1H3;. The summed E-state index contributed by atoms with van der Waals surface area (Å²) in [5.41, 5.74) is 2.76. The number of hydrogen-bond acceptors (Lipinski definition) is 4. The molecular formula is C19H25AlN2O3. The lowest BCUT2D eigenvalue weighted by molar-refractivity contribution is -0.118. The lowest BCUT2D eigenvalue weighted by Gasteiger charge is -2.26. The fourth-order valence-corrected chi connectivity index (χ4v) is 2.35. The second-order valence-electron chi connectivity index (χ2n) is 5.16. The number of methoxy groups -OCH3 is 1. The van der Waals surface area contributed by atoms with Gasteiger partial charge in [0.1, 0.15) is 22.0 Å². The molecule has 1 amide bonds. The van der Waals surface area contributed by atoms with E-state index in [9.17, 15) is 9.90 Å². The molecule has 0 atom stereocenters. The van der Waals surface area contributed by atoms with Gasteiger partial charge in [-0.3, -0.25) is 4.79 Å². The summed E-state index contributed by atoms with van der Waals surface area (Å²) in [5.74, 6) is 2.63. The average Bonchev–Trinajstić information content (AvgIpc) is 2.66. The highest BCUT2D eigenvalue weighted by molar-refractivity contribution is 6.05. The predicted octanol–water partition coefficient (Wildman–Crippen LogP) is 2.66. The van der Waals surface area contributed by atoms with E-state index in [-0.39, 0.29) is 12.5 Å². The zero-order chi connectivity index (χ0) is 18.7. The Morgan fingerprint density at radius 3 is 2.40 bits per heavy atom. The molecule has 2 aromatic rings. The van der Waals surface area contributed by atoms with Crippen molar-refractivity contribution < 1.29 is 14.6 Å². The molecule has 2 radical (unpaired) electrons. The fraction of sp³-hybridized carbons (Fsp3) is 0.316. The van der Waals surface area contributed by atoms with Crippen LogP contribution in [0.3, 0.4) is 0 Å². The largest absolute Gasteiger partial charge is 0.497 e. The van der Waals surface area contributed by atoms with Crippen LogP contribution in [0.15, 0.2) is 48.5 Å². The molecule has 2 aromatic carbocycles. The Kier molecular flexibility index (Phi) is 9.71. The quantitative estimate of drug-likeness (QED) is 0.749. The summed E-state index contributed by atoms with van der Waals surface area (Å²) >= 11 is 2.42. The molecule has 0 fully saturated rings. The summed E-state index contributed by atoms with van der Waals surface area (Å²) in [6.45, 7) is 2.63. The van der Waals surface area contributed by atoms with Gasteiger partial charge < -0.3 is 20.1 Å². The molecule has 0 bridgehead atoms. The van der Waals surface area contributed by atoms with Gasteiger partial charge in [-0.25, -0.2) is 0 Å². The van der Waals surface area contributed by atoms with Crippen molar-refractivity contribution in [2.45, 2.75) is 19.3 Å². The predicted molar refractivity (Wildman–Crippen MR) is 103 cm³/mol. The van der Waals surface area contributed by atoms with E-state index < -0.39 is 0 Å². The maximum absolute atomic E-state index is 11.1. The van der Waals surface area contributed by atoms with E-state index in [1.165, 1.54) is 6.92 Å². The van der Waals surface area contributed by atoms with Crippen molar-refractivity contribution in [1.82, 2.24) is 5.32 Å². The molecule has 0 saturated carbocycles. The Balaban J connectivity index is 0.00000151. The van der Waals surface area contributed by atoms with Crippen LogP contribution in [0.2, 0.25) is 5.79 Å². The van der Waals surface area contributed by atoms with Crippen LogP contribution in [-0.4, -0.2) is 47.5 Å². The molecule has 0 aliphatic carbocycles. The van der Waals surface area contributed by atoms with Gasteiger partial charge in [-0.05, 0) is 29.8 Å². The molecular weight excluding hydrogens is 331 g/mol. The van der Waals surface area contributed by atoms with E-state index >= 15 is 0 Å². The summed E-state index contributed by atoms with van der Waals surface area (Å²) in [5, 5.41) is 12.2. The van der Waals surface area contributed by atoms with Gasteiger partial charge in [0.25, 0.3) is 0 Å². The van der Waals surface area contributed by atoms with Gasteiger partial charge in [-0.2, -0.15) is 0 Å². The molecule has 0 aliphatic heterocycles. The van der Waals surface area contributed by atoms with Crippen LogP contribution >= 0.6 is 0 Å². The van der Waals surface area contributed by atoms with Crippen LogP contribution in [-0.2, 0) is 11.4 Å². The topological polar surface area (TPSA) is 61.8 Å². The normalized spacial score (nSPS) is 9.60. The van der Waals surface area contributed by atoms with Crippen LogP contribution in [0.1, 0.15) is 12.5 Å². The first-order valence-corrected chi connectivity index (χ1v) is 9.23. The third-order valence-electron chi connectivity index (χ3n) is 3.48. The van der Waals surface area contributed by atoms with Crippen molar-refractivity contribution in [1.29, 1.82) is 0 Å². The highest BCUT2D eigenvalue weighted by Gasteiger charge is 2.11. The number of nitrogens with one attached hydrogen (secondary N) is 1. The molecule has 0 aromatic heterocycles. The lowest BCUT2D eigenvalue weighted by atomic mass is 10.1. The molecule has 0 unspecified atom stereocenters. The first kappa shape index (κ1) is 21.0. The molecule has 0 spiro atoms. The van der Waals surface area contributed by atoms with E-state index in [1.54, 1.807) is 7.11 Å². The van der Waals surface area contributed by atoms with E-state index in [1.807, 2.05) is 54.3 Å². The Bertz CT molecular complexity index is 617. The number of amides is 1. The number of aliphatic hydroxyl groups is 1.